The number of amides is 2. The van der Waals surface area contributed by atoms with Gasteiger partial charge in [-0.05, 0) is 30.5 Å². The molecule has 0 saturated heterocycles. The van der Waals surface area contributed by atoms with Gasteiger partial charge >= 0.3 is 12.0 Å². The van der Waals surface area contributed by atoms with Crippen LogP contribution >= 0.6 is 0 Å². The minimum absolute atomic E-state index is 0.143. The highest BCUT2D eigenvalue weighted by molar-refractivity contribution is 5.87. The molecule has 0 saturated carbocycles. The van der Waals surface area contributed by atoms with Crippen LogP contribution in [0, 0.1) is 0 Å². The van der Waals surface area contributed by atoms with Crippen molar-refractivity contribution in [3.63, 3.8) is 0 Å². The fourth-order valence-electron chi connectivity index (χ4n) is 2.84. The second-order valence-electron chi connectivity index (χ2n) is 5.99. The highest BCUT2D eigenvalue weighted by Gasteiger charge is 2.25. The van der Waals surface area contributed by atoms with Gasteiger partial charge in [0.15, 0.2) is 5.82 Å². The molecule has 2 aromatic rings. The Balaban J connectivity index is 1.56. The second kappa shape index (κ2) is 7.33. The Morgan fingerprint density at radius 1 is 1.32 bits per heavy atom. The molecule has 0 radical (unpaired) electrons. The quantitative estimate of drug-likeness (QED) is 0.768. The van der Waals surface area contributed by atoms with Gasteiger partial charge in [-0.25, -0.2) is 19.3 Å². The maximum absolute atomic E-state index is 12.2. The summed E-state index contributed by atoms with van der Waals surface area (Å²) in [6.45, 7) is 3.16. The lowest BCUT2D eigenvalue weighted by molar-refractivity contribution is 0.0697. The molecule has 1 unspecified atom stereocenters. The lowest BCUT2D eigenvalue weighted by Crippen LogP contribution is -2.39. The molecule has 25 heavy (non-hydrogen) atoms. The number of aromatic nitrogens is 3. The number of carboxylic acids is 1. The Morgan fingerprint density at radius 3 is 2.76 bits per heavy atom. The average molecular weight is 343 g/mol. The largest absolute Gasteiger partial charge is 0.478 e. The van der Waals surface area contributed by atoms with Crippen molar-refractivity contribution >= 4 is 12.0 Å². The minimum atomic E-state index is -0.967. The van der Waals surface area contributed by atoms with E-state index < -0.39 is 5.97 Å². The number of benzene rings is 1. The molecule has 0 bridgehead atoms. The van der Waals surface area contributed by atoms with E-state index in [1.165, 1.54) is 12.1 Å². The topological polar surface area (TPSA) is 109 Å². The number of nitrogens with one attached hydrogen (secondary N) is 2. The first-order valence-corrected chi connectivity index (χ1v) is 8.37. The predicted octanol–water partition coefficient (Wildman–Crippen LogP) is 1.87. The van der Waals surface area contributed by atoms with Crippen LogP contribution in [0.25, 0.3) is 0 Å². The summed E-state index contributed by atoms with van der Waals surface area (Å²) in [5.41, 5.74) is 1.06. The van der Waals surface area contributed by atoms with Crippen LogP contribution in [0.1, 0.15) is 53.4 Å². The van der Waals surface area contributed by atoms with Gasteiger partial charge in [-0.15, -0.1) is 0 Å². The van der Waals surface area contributed by atoms with Gasteiger partial charge in [0.2, 0.25) is 0 Å². The number of carbonyl (C=O) groups excluding carboxylic acids is 1. The SMILES string of the molecule is CCc1nc2n(n1)CCCC2NC(=O)NCc1ccc(C(=O)O)cc1. The molecule has 8 nitrogen and oxygen atoms in total. The lowest BCUT2D eigenvalue weighted by Gasteiger charge is -2.23. The van der Waals surface area contributed by atoms with E-state index in [1.807, 2.05) is 11.6 Å². The molecule has 1 aliphatic heterocycles. The summed E-state index contributed by atoms with van der Waals surface area (Å²) in [5, 5.41) is 19.0. The number of carboxylic acid groups (broad SMARTS) is 1. The van der Waals surface area contributed by atoms with Crippen molar-refractivity contribution in [3.05, 3.63) is 47.0 Å². The van der Waals surface area contributed by atoms with Gasteiger partial charge in [0.05, 0.1) is 11.6 Å². The summed E-state index contributed by atoms with van der Waals surface area (Å²) in [7, 11) is 0. The maximum atomic E-state index is 12.2. The Bertz CT molecular complexity index is 769. The number of aromatic carboxylic acids is 1. The molecule has 0 fully saturated rings. The van der Waals surface area contributed by atoms with Crippen LogP contribution in [0.4, 0.5) is 4.79 Å². The average Bonchev–Trinajstić information content (AvgIpc) is 3.05. The maximum Gasteiger partial charge on any atom is 0.335 e. The Hall–Kier alpha value is -2.90. The van der Waals surface area contributed by atoms with Crippen molar-refractivity contribution in [1.82, 2.24) is 25.4 Å². The molecule has 132 valence electrons. The molecule has 8 heteroatoms. The molecule has 0 spiro atoms. The van der Waals surface area contributed by atoms with Gasteiger partial charge in [0.25, 0.3) is 0 Å². The number of urea groups is 1. The fraction of sp³-hybridized carbons (Fsp3) is 0.412. The van der Waals surface area contributed by atoms with Crippen LogP contribution in [-0.4, -0.2) is 31.9 Å². The Labute approximate surface area is 145 Å². The number of aryl methyl sites for hydroxylation is 2. The van der Waals surface area contributed by atoms with E-state index in [0.29, 0.717) is 6.54 Å². The van der Waals surface area contributed by atoms with Gasteiger partial charge < -0.3 is 15.7 Å². The van der Waals surface area contributed by atoms with Crippen LogP contribution in [0.3, 0.4) is 0 Å². The molecule has 3 rings (SSSR count). The lowest BCUT2D eigenvalue weighted by atomic mass is 10.1. The number of fused-ring (bicyclic) bond motifs is 1. The van der Waals surface area contributed by atoms with E-state index in [9.17, 15) is 9.59 Å². The zero-order chi connectivity index (χ0) is 17.8. The zero-order valence-corrected chi connectivity index (χ0v) is 14.0. The van der Waals surface area contributed by atoms with Crippen molar-refractivity contribution < 1.29 is 14.7 Å². The van der Waals surface area contributed by atoms with E-state index >= 15 is 0 Å². The van der Waals surface area contributed by atoms with Gasteiger partial charge in [-0.1, -0.05) is 19.1 Å². The van der Waals surface area contributed by atoms with Crippen LogP contribution in [0.2, 0.25) is 0 Å². The van der Waals surface area contributed by atoms with Crippen LogP contribution in [0.5, 0.6) is 0 Å². The monoisotopic (exact) mass is 343 g/mol. The molecule has 2 heterocycles. The molecular formula is C17H21N5O3. The predicted molar refractivity (Wildman–Crippen MR) is 90.1 cm³/mol. The van der Waals surface area contributed by atoms with Crippen molar-refractivity contribution in [3.8, 4) is 0 Å². The molecule has 2 amide bonds. The van der Waals surface area contributed by atoms with E-state index in [2.05, 4.69) is 20.7 Å². The summed E-state index contributed by atoms with van der Waals surface area (Å²) in [5.74, 6) is 0.636. The molecule has 3 N–H and O–H groups in total. The van der Waals surface area contributed by atoms with Gasteiger partial charge in [0, 0.05) is 19.5 Å². The highest BCUT2D eigenvalue weighted by atomic mass is 16.4. The van der Waals surface area contributed by atoms with Crippen LogP contribution in [0.15, 0.2) is 24.3 Å². The third-order valence-electron chi connectivity index (χ3n) is 4.19. The standard InChI is InChI=1S/C17H21N5O3/c1-2-14-20-15-13(4-3-9-22(15)21-14)19-17(25)18-10-11-5-7-12(8-6-11)16(23)24/h5-8,13H,2-4,9-10H2,1H3,(H,23,24)(H2,18,19,25). The molecule has 1 aromatic heterocycles. The first-order valence-electron chi connectivity index (χ1n) is 8.37. The number of carbonyl (C=O) groups is 2. The Morgan fingerprint density at radius 2 is 2.08 bits per heavy atom. The van der Waals surface area contributed by atoms with Gasteiger partial charge in [-0.3, -0.25) is 0 Å². The molecule has 1 aliphatic rings. The Kier molecular flexibility index (Phi) is 4.97. The number of nitrogens with zero attached hydrogens (tertiary/aromatic N) is 3. The zero-order valence-electron chi connectivity index (χ0n) is 14.0. The van der Waals surface area contributed by atoms with Crippen LogP contribution < -0.4 is 10.6 Å². The van der Waals surface area contributed by atoms with E-state index in [4.69, 9.17) is 5.11 Å². The van der Waals surface area contributed by atoms with E-state index in [-0.39, 0.29) is 17.6 Å². The van der Waals surface area contributed by atoms with Crippen molar-refractivity contribution in [1.29, 1.82) is 0 Å². The summed E-state index contributed by atoms with van der Waals surface area (Å²) >= 11 is 0. The van der Waals surface area contributed by atoms with Crippen molar-refractivity contribution in [2.24, 2.45) is 0 Å². The van der Waals surface area contributed by atoms with Gasteiger partial charge in [0.1, 0.15) is 5.82 Å². The number of hydrogen-bond donors (Lipinski definition) is 3. The summed E-state index contributed by atoms with van der Waals surface area (Å²) in [4.78, 5) is 27.5. The van der Waals surface area contributed by atoms with E-state index in [1.54, 1.807) is 12.1 Å². The van der Waals surface area contributed by atoms with Crippen LogP contribution in [-0.2, 0) is 19.5 Å². The number of hydrogen-bond acceptors (Lipinski definition) is 4. The summed E-state index contributed by atoms with van der Waals surface area (Å²) < 4.78 is 1.87. The fourth-order valence-corrected chi connectivity index (χ4v) is 2.84. The highest BCUT2D eigenvalue weighted by Crippen LogP contribution is 2.23. The molecule has 0 aliphatic carbocycles. The first kappa shape index (κ1) is 16.9. The minimum Gasteiger partial charge on any atom is -0.478 e. The second-order valence-corrected chi connectivity index (χ2v) is 5.99. The number of rotatable bonds is 5. The van der Waals surface area contributed by atoms with E-state index in [0.717, 1.165) is 43.0 Å². The first-order chi connectivity index (χ1) is 12.1. The normalized spacial score (nSPS) is 16.1. The molecular weight excluding hydrogens is 322 g/mol. The van der Waals surface area contributed by atoms with Gasteiger partial charge in [-0.2, -0.15) is 5.10 Å². The third-order valence-corrected chi connectivity index (χ3v) is 4.19. The van der Waals surface area contributed by atoms with Crippen molar-refractivity contribution in [2.45, 2.75) is 45.3 Å². The molecule has 1 aromatic carbocycles. The smallest absolute Gasteiger partial charge is 0.335 e. The third kappa shape index (κ3) is 3.96. The van der Waals surface area contributed by atoms with Crippen molar-refractivity contribution in [2.75, 3.05) is 0 Å². The summed E-state index contributed by atoms with van der Waals surface area (Å²) in [6, 6.07) is 6.00. The molecule has 1 atom stereocenters. The summed E-state index contributed by atoms with van der Waals surface area (Å²) in [6.07, 6.45) is 2.55.